The molecule has 0 heterocycles. The van der Waals surface area contributed by atoms with Crippen LogP contribution in [-0.2, 0) is 30.7 Å². The van der Waals surface area contributed by atoms with Crippen molar-refractivity contribution >= 4 is 11.9 Å². The maximum absolute atomic E-state index is 9.55. The molecule has 0 rings (SSSR count). The van der Waals surface area contributed by atoms with Crippen molar-refractivity contribution in [2.24, 2.45) is 0 Å². The van der Waals surface area contributed by atoms with Crippen LogP contribution in [0.5, 0.6) is 0 Å². The smallest absolute Gasteiger partial charge is 0.328 e. The predicted octanol–water partition coefficient (Wildman–Crippen LogP) is -0.291. The summed E-state index contributed by atoms with van der Waals surface area (Å²) in [7, 11) is 0. The minimum absolute atomic E-state index is 0. The van der Waals surface area contributed by atoms with Crippen LogP contribution in [0.15, 0.2) is 12.2 Å². The summed E-state index contributed by atoms with van der Waals surface area (Å²) in [5.41, 5.74) is 0. The van der Waals surface area contributed by atoms with Crippen LogP contribution in [0.4, 0.5) is 0 Å². The fourth-order valence-corrected chi connectivity index (χ4v) is 0.143. The molecular formula is C4H4O4Pt. The van der Waals surface area contributed by atoms with Gasteiger partial charge in [-0.15, -0.1) is 0 Å². The van der Waals surface area contributed by atoms with Gasteiger partial charge in [0, 0.05) is 33.2 Å². The van der Waals surface area contributed by atoms with E-state index in [1.165, 1.54) is 0 Å². The molecule has 0 aromatic heterocycles. The molecule has 0 aromatic carbocycles. The second kappa shape index (κ2) is 5.50. The van der Waals surface area contributed by atoms with E-state index in [0.29, 0.717) is 12.2 Å². The summed E-state index contributed by atoms with van der Waals surface area (Å²) >= 11 is 0. The maximum Gasteiger partial charge on any atom is 0.328 e. The molecule has 9 heavy (non-hydrogen) atoms. The van der Waals surface area contributed by atoms with Crippen LogP contribution in [0.25, 0.3) is 0 Å². The summed E-state index contributed by atoms with van der Waals surface area (Å²) in [5.74, 6) is -2.51. The Labute approximate surface area is 65.4 Å². The van der Waals surface area contributed by atoms with Crippen molar-refractivity contribution < 1.29 is 40.9 Å². The number of rotatable bonds is 2. The molecule has 0 radical (unpaired) electrons. The zero-order chi connectivity index (χ0) is 6.57. The molecule has 0 aliphatic rings. The summed E-state index contributed by atoms with van der Waals surface area (Å²) in [6.07, 6.45) is 1.12. The Bertz CT molecular complexity index is 124. The van der Waals surface area contributed by atoms with E-state index >= 15 is 0 Å². The van der Waals surface area contributed by atoms with Crippen molar-refractivity contribution in [3.63, 3.8) is 0 Å². The summed E-state index contributed by atoms with van der Waals surface area (Å²) in [6, 6.07) is 0. The summed E-state index contributed by atoms with van der Waals surface area (Å²) in [6.45, 7) is 0. The monoisotopic (exact) mass is 311 g/mol. The normalized spacial score (nSPS) is 8.44. The van der Waals surface area contributed by atoms with Crippen molar-refractivity contribution in [2.75, 3.05) is 0 Å². The zero-order valence-electron chi connectivity index (χ0n) is 4.18. The molecule has 0 atom stereocenters. The molecule has 0 saturated heterocycles. The predicted molar refractivity (Wildman–Crippen MR) is 24.4 cm³/mol. The van der Waals surface area contributed by atoms with Crippen molar-refractivity contribution in [3.05, 3.63) is 12.2 Å². The molecule has 0 aliphatic carbocycles. The molecule has 0 fully saturated rings. The Morgan fingerprint density at radius 1 is 1.00 bits per heavy atom. The van der Waals surface area contributed by atoms with Crippen molar-refractivity contribution in [3.8, 4) is 0 Å². The molecule has 5 heteroatoms. The van der Waals surface area contributed by atoms with Gasteiger partial charge in [-0.2, -0.15) is 0 Å². The van der Waals surface area contributed by atoms with Gasteiger partial charge in [0.05, 0.1) is 0 Å². The molecule has 54 valence electrons. The van der Waals surface area contributed by atoms with E-state index in [1.54, 1.807) is 0 Å². The number of carboxylic acid groups (broad SMARTS) is 2. The fraction of sp³-hybridized carbons (Fsp3) is 0. The minimum Gasteiger partial charge on any atom is -0.478 e. The van der Waals surface area contributed by atoms with Gasteiger partial charge in [0.2, 0.25) is 0 Å². The van der Waals surface area contributed by atoms with Crippen molar-refractivity contribution in [1.82, 2.24) is 0 Å². The van der Waals surface area contributed by atoms with Gasteiger partial charge in [-0.1, -0.05) is 0 Å². The average molecular weight is 311 g/mol. The Balaban J connectivity index is 0. The van der Waals surface area contributed by atoms with Gasteiger partial charge in [-0.25, -0.2) is 9.59 Å². The van der Waals surface area contributed by atoms with Gasteiger partial charge in [0.15, 0.2) is 0 Å². The zero-order valence-corrected chi connectivity index (χ0v) is 6.45. The van der Waals surface area contributed by atoms with E-state index in [0.717, 1.165) is 0 Å². The van der Waals surface area contributed by atoms with E-state index in [1.807, 2.05) is 0 Å². The van der Waals surface area contributed by atoms with Gasteiger partial charge < -0.3 is 10.2 Å². The van der Waals surface area contributed by atoms with Crippen LogP contribution in [0.2, 0.25) is 0 Å². The molecule has 0 saturated carbocycles. The van der Waals surface area contributed by atoms with Crippen LogP contribution in [0.3, 0.4) is 0 Å². The SMILES string of the molecule is O=C(O)C=CC(=O)O.[Pt]. The number of aliphatic carboxylic acids is 2. The first-order chi connectivity index (χ1) is 3.63. The third-order valence-corrected chi connectivity index (χ3v) is 0.368. The molecule has 0 aromatic rings. The van der Waals surface area contributed by atoms with E-state index < -0.39 is 11.9 Å². The first-order valence-corrected chi connectivity index (χ1v) is 1.77. The standard InChI is InChI=1S/C4H4O4.Pt/c5-3(6)1-2-4(7)8;/h1-2H,(H,5,6)(H,7,8);. The van der Waals surface area contributed by atoms with Gasteiger partial charge in [0.25, 0.3) is 0 Å². The van der Waals surface area contributed by atoms with Gasteiger partial charge in [-0.3, -0.25) is 0 Å². The van der Waals surface area contributed by atoms with E-state index in [-0.39, 0.29) is 21.1 Å². The third-order valence-electron chi connectivity index (χ3n) is 0.368. The van der Waals surface area contributed by atoms with Crippen LogP contribution >= 0.6 is 0 Å². The molecular weight excluding hydrogens is 307 g/mol. The second-order valence-electron chi connectivity index (χ2n) is 1.01. The van der Waals surface area contributed by atoms with Gasteiger partial charge in [0.1, 0.15) is 0 Å². The van der Waals surface area contributed by atoms with E-state index in [4.69, 9.17) is 10.2 Å². The van der Waals surface area contributed by atoms with Crippen LogP contribution < -0.4 is 0 Å². The number of hydrogen-bond donors (Lipinski definition) is 2. The van der Waals surface area contributed by atoms with Crippen LogP contribution in [0.1, 0.15) is 0 Å². The molecule has 0 spiro atoms. The molecule has 0 unspecified atom stereocenters. The minimum atomic E-state index is -1.26. The van der Waals surface area contributed by atoms with Gasteiger partial charge >= 0.3 is 11.9 Å². The number of hydrogen-bond acceptors (Lipinski definition) is 2. The van der Waals surface area contributed by atoms with Crippen LogP contribution in [0, 0.1) is 0 Å². The number of carbonyl (C=O) groups is 2. The Morgan fingerprint density at radius 2 is 1.22 bits per heavy atom. The number of carboxylic acids is 2. The Morgan fingerprint density at radius 3 is 1.33 bits per heavy atom. The maximum atomic E-state index is 9.55. The molecule has 0 aliphatic heterocycles. The molecule has 0 amide bonds. The van der Waals surface area contributed by atoms with Crippen molar-refractivity contribution in [2.45, 2.75) is 0 Å². The second-order valence-corrected chi connectivity index (χ2v) is 1.01. The first kappa shape index (κ1) is 11.2. The van der Waals surface area contributed by atoms with E-state index in [2.05, 4.69) is 0 Å². The van der Waals surface area contributed by atoms with Crippen molar-refractivity contribution in [1.29, 1.82) is 0 Å². The topological polar surface area (TPSA) is 74.6 Å². The van der Waals surface area contributed by atoms with Crippen LogP contribution in [-0.4, -0.2) is 22.2 Å². The molecule has 0 bridgehead atoms. The average Bonchev–Trinajstić information content (AvgIpc) is 1.61. The molecule has 2 N–H and O–H groups in total. The Hall–Kier alpha value is -0.632. The fourth-order valence-electron chi connectivity index (χ4n) is 0.143. The van der Waals surface area contributed by atoms with E-state index in [9.17, 15) is 9.59 Å². The Kier molecular flexibility index (Phi) is 6.85. The van der Waals surface area contributed by atoms with Gasteiger partial charge in [-0.05, 0) is 0 Å². The molecule has 4 nitrogen and oxygen atoms in total. The summed E-state index contributed by atoms with van der Waals surface area (Å²) in [5, 5.41) is 15.6. The summed E-state index contributed by atoms with van der Waals surface area (Å²) in [4.78, 5) is 19.1. The third kappa shape index (κ3) is 11.1. The largest absolute Gasteiger partial charge is 0.478 e. The summed E-state index contributed by atoms with van der Waals surface area (Å²) < 4.78 is 0. The quantitative estimate of drug-likeness (QED) is 0.687. The first-order valence-electron chi connectivity index (χ1n) is 1.77.